The van der Waals surface area contributed by atoms with Gasteiger partial charge < -0.3 is 10.2 Å². The van der Waals surface area contributed by atoms with Crippen LogP contribution in [0.5, 0.6) is 0 Å². The molecule has 0 bridgehead atoms. The van der Waals surface area contributed by atoms with E-state index in [-0.39, 0.29) is 6.42 Å². The molecule has 1 aromatic rings. The molecule has 0 fully saturated rings. The van der Waals surface area contributed by atoms with Crippen LogP contribution in [0.15, 0.2) is 22.5 Å². The minimum atomic E-state index is -4.06. The first kappa shape index (κ1) is 17.8. The molecule has 0 aliphatic rings. The summed E-state index contributed by atoms with van der Waals surface area (Å²) < 4.78 is 36.1. The van der Waals surface area contributed by atoms with Crippen LogP contribution in [0.25, 0.3) is 0 Å². The Morgan fingerprint density at radius 1 is 1.38 bits per heavy atom. The number of alkyl halides is 3. The summed E-state index contributed by atoms with van der Waals surface area (Å²) in [5.74, 6) is 0.721. The van der Waals surface area contributed by atoms with E-state index in [0.29, 0.717) is 13.0 Å². The van der Waals surface area contributed by atoms with E-state index in [0.717, 1.165) is 18.9 Å². The number of likely N-dealkylation sites (N-methyl/N-ethyl adjacent to an activating group) is 1. The average Bonchev–Trinajstić information content (AvgIpc) is 2.92. The van der Waals surface area contributed by atoms with E-state index >= 15 is 0 Å². The third-order valence-corrected chi connectivity index (χ3v) is 3.95. The first-order valence-corrected chi connectivity index (χ1v) is 7.81. The van der Waals surface area contributed by atoms with Gasteiger partial charge in [0, 0.05) is 38.5 Å². The number of hydrogen-bond donors (Lipinski definition) is 1. The first-order chi connectivity index (χ1) is 9.92. The highest BCUT2D eigenvalue weighted by Crippen LogP contribution is 2.21. The number of nitrogens with one attached hydrogen (secondary N) is 1. The van der Waals surface area contributed by atoms with Crippen LogP contribution in [-0.2, 0) is 6.42 Å². The molecule has 1 aromatic heterocycles. The quantitative estimate of drug-likeness (QED) is 0.473. The van der Waals surface area contributed by atoms with Crippen molar-refractivity contribution in [3.05, 3.63) is 22.4 Å². The molecule has 0 aliphatic carbocycles. The normalized spacial score (nSPS) is 12.5. The molecular formula is C14H22F3N3S. The highest BCUT2D eigenvalue weighted by molar-refractivity contribution is 7.09. The van der Waals surface area contributed by atoms with Crippen LogP contribution in [0.3, 0.4) is 0 Å². The SMILES string of the molecule is CN=C(NCCCCC(F)(F)F)N(C)CCc1cccs1. The van der Waals surface area contributed by atoms with Gasteiger partial charge >= 0.3 is 6.18 Å². The van der Waals surface area contributed by atoms with Crippen LogP contribution in [0.4, 0.5) is 13.2 Å². The van der Waals surface area contributed by atoms with E-state index in [1.807, 2.05) is 23.4 Å². The van der Waals surface area contributed by atoms with Crippen molar-refractivity contribution in [2.24, 2.45) is 4.99 Å². The molecule has 7 heteroatoms. The summed E-state index contributed by atoms with van der Waals surface area (Å²) in [7, 11) is 3.61. The van der Waals surface area contributed by atoms with Gasteiger partial charge in [0.2, 0.25) is 0 Å². The lowest BCUT2D eigenvalue weighted by Crippen LogP contribution is -2.40. The van der Waals surface area contributed by atoms with Crippen LogP contribution in [-0.4, -0.2) is 44.2 Å². The summed E-state index contributed by atoms with van der Waals surface area (Å²) >= 11 is 1.72. The molecule has 1 N–H and O–H groups in total. The molecule has 0 spiro atoms. The maximum absolute atomic E-state index is 12.0. The molecule has 0 radical (unpaired) electrons. The van der Waals surface area contributed by atoms with E-state index in [1.165, 1.54) is 4.88 Å². The maximum Gasteiger partial charge on any atom is 0.389 e. The Hall–Kier alpha value is -1.24. The van der Waals surface area contributed by atoms with E-state index in [1.54, 1.807) is 18.4 Å². The molecule has 0 saturated carbocycles. The van der Waals surface area contributed by atoms with Crippen molar-refractivity contribution >= 4 is 17.3 Å². The van der Waals surface area contributed by atoms with Crippen LogP contribution in [0.2, 0.25) is 0 Å². The van der Waals surface area contributed by atoms with Gasteiger partial charge in [-0.05, 0) is 30.7 Å². The summed E-state index contributed by atoms with van der Waals surface area (Å²) in [6.07, 6.45) is -3.21. The largest absolute Gasteiger partial charge is 0.389 e. The number of guanidine groups is 1. The first-order valence-electron chi connectivity index (χ1n) is 6.93. The molecule has 120 valence electrons. The van der Waals surface area contributed by atoms with Crippen LogP contribution in [0, 0.1) is 0 Å². The summed E-state index contributed by atoms with van der Waals surface area (Å²) in [5.41, 5.74) is 0. The number of rotatable bonds is 7. The Balaban J connectivity index is 2.21. The number of aliphatic imine (C=N–C) groups is 1. The summed E-state index contributed by atoms with van der Waals surface area (Å²) in [6.45, 7) is 1.33. The molecule has 0 aromatic carbocycles. The lowest BCUT2D eigenvalue weighted by molar-refractivity contribution is -0.135. The Morgan fingerprint density at radius 2 is 2.14 bits per heavy atom. The van der Waals surface area contributed by atoms with Crippen molar-refractivity contribution in [2.45, 2.75) is 31.9 Å². The third kappa shape index (κ3) is 7.94. The van der Waals surface area contributed by atoms with Gasteiger partial charge in [0.1, 0.15) is 0 Å². The van der Waals surface area contributed by atoms with Crippen molar-refractivity contribution < 1.29 is 13.2 Å². The minimum absolute atomic E-state index is 0.145. The van der Waals surface area contributed by atoms with Gasteiger partial charge in [-0.1, -0.05) is 6.07 Å². The molecule has 21 heavy (non-hydrogen) atoms. The molecule has 0 amide bonds. The number of halogens is 3. The third-order valence-electron chi connectivity index (χ3n) is 3.02. The van der Waals surface area contributed by atoms with Gasteiger partial charge in [0.05, 0.1) is 0 Å². The topological polar surface area (TPSA) is 27.6 Å². The van der Waals surface area contributed by atoms with Gasteiger partial charge in [-0.2, -0.15) is 13.2 Å². The Kier molecular flexibility index (Phi) is 7.56. The summed E-state index contributed by atoms with van der Waals surface area (Å²) in [6, 6.07) is 4.11. The second-order valence-electron chi connectivity index (χ2n) is 4.80. The Bertz CT molecular complexity index is 416. The molecule has 3 nitrogen and oxygen atoms in total. The minimum Gasteiger partial charge on any atom is -0.356 e. The monoisotopic (exact) mass is 321 g/mol. The van der Waals surface area contributed by atoms with Crippen LogP contribution < -0.4 is 5.32 Å². The van der Waals surface area contributed by atoms with Gasteiger partial charge in [0.15, 0.2) is 5.96 Å². The van der Waals surface area contributed by atoms with E-state index < -0.39 is 12.6 Å². The second kappa shape index (κ2) is 8.92. The molecule has 1 heterocycles. The fraction of sp³-hybridized carbons (Fsp3) is 0.643. The zero-order valence-corrected chi connectivity index (χ0v) is 13.2. The Morgan fingerprint density at radius 3 is 2.71 bits per heavy atom. The van der Waals surface area contributed by atoms with Crippen molar-refractivity contribution in [1.82, 2.24) is 10.2 Å². The van der Waals surface area contributed by atoms with Crippen molar-refractivity contribution in [1.29, 1.82) is 0 Å². The summed E-state index contributed by atoms with van der Waals surface area (Å²) in [4.78, 5) is 7.44. The van der Waals surface area contributed by atoms with E-state index in [2.05, 4.69) is 16.4 Å². The molecule has 0 aliphatic heterocycles. The Labute approximate surface area is 127 Å². The molecule has 0 unspecified atom stereocenters. The van der Waals surface area contributed by atoms with Crippen molar-refractivity contribution in [3.63, 3.8) is 0 Å². The summed E-state index contributed by atoms with van der Waals surface area (Å²) in [5, 5.41) is 5.14. The van der Waals surface area contributed by atoms with E-state index in [4.69, 9.17) is 0 Å². The number of hydrogen-bond acceptors (Lipinski definition) is 2. The standard InChI is InChI=1S/C14H22F3N3S/c1-18-13(19-9-4-3-8-14(15,16)17)20(2)10-7-12-6-5-11-21-12/h5-6,11H,3-4,7-10H2,1-2H3,(H,18,19). The number of thiophene rings is 1. The van der Waals surface area contributed by atoms with Gasteiger partial charge in [-0.15, -0.1) is 11.3 Å². The van der Waals surface area contributed by atoms with Crippen LogP contribution in [0.1, 0.15) is 24.1 Å². The van der Waals surface area contributed by atoms with E-state index in [9.17, 15) is 13.2 Å². The molecule has 0 atom stereocenters. The van der Waals surface area contributed by atoms with Gasteiger partial charge in [-0.25, -0.2) is 0 Å². The van der Waals surface area contributed by atoms with Crippen LogP contribution >= 0.6 is 11.3 Å². The fourth-order valence-electron chi connectivity index (χ4n) is 1.87. The number of unbranched alkanes of at least 4 members (excludes halogenated alkanes) is 1. The average molecular weight is 321 g/mol. The highest BCUT2D eigenvalue weighted by atomic mass is 32.1. The zero-order chi connectivity index (χ0) is 15.7. The predicted molar refractivity (Wildman–Crippen MR) is 81.9 cm³/mol. The van der Waals surface area contributed by atoms with Crippen molar-refractivity contribution in [3.8, 4) is 0 Å². The van der Waals surface area contributed by atoms with Gasteiger partial charge in [0.25, 0.3) is 0 Å². The zero-order valence-electron chi connectivity index (χ0n) is 12.4. The smallest absolute Gasteiger partial charge is 0.356 e. The lowest BCUT2D eigenvalue weighted by atomic mass is 10.2. The second-order valence-corrected chi connectivity index (χ2v) is 5.83. The predicted octanol–water partition coefficient (Wildman–Crippen LogP) is 3.53. The maximum atomic E-state index is 12.0. The lowest BCUT2D eigenvalue weighted by Gasteiger charge is -2.21. The fourth-order valence-corrected chi connectivity index (χ4v) is 2.57. The van der Waals surface area contributed by atoms with Gasteiger partial charge in [-0.3, -0.25) is 4.99 Å². The van der Waals surface area contributed by atoms with Crippen molar-refractivity contribution in [2.75, 3.05) is 27.2 Å². The highest BCUT2D eigenvalue weighted by Gasteiger charge is 2.25. The molecule has 0 saturated heterocycles. The molecule has 1 rings (SSSR count). The number of nitrogens with zero attached hydrogens (tertiary/aromatic N) is 2. The molecular weight excluding hydrogens is 299 g/mol.